The molecule has 2 aromatic rings. The van der Waals surface area contributed by atoms with Gasteiger partial charge in [0, 0.05) is 6.42 Å². The van der Waals surface area contributed by atoms with E-state index in [4.69, 9.17) is 0 Å². The Kier molecular flexibility index (Phi) is 5.16. The highest BCUT2D eigenvalue weighted by Gasteiger charge is 2.53. The zero-order valence-corrected chi connectivity index (χ0v) is 14.1. The van der Waals surface area contributed by atoms with Crippen LogP contribution < -0.4 is 0 Å². The number of Topliss-reactive ketones (excluding diaryl/α,β-unsaturated/α-hetero) is 1. The Morgan fingerprint density at radius 1 is 0.875 bits per heavy atom. The summed E-state index contributed by atoms with van der Waals surface area (Å²) in [5.41, 5.74) is 0.0175. The molecule has 0 saturated carbocycles. The van der Waals surface area contributed by atoms with E-state index < -0.39 is 11.6 Å². The molecule has 0 radical (unpaired) electrons. The van der Waals surface area contributed by atoms with Gasteiger partial charge in [-0.3, -0.25) is 4.79 Å². The SMILES string of the molecule is CCc1ccc(C(C)(c2ccc(CC(C)=O)cc2)C(F)(F)F)cc1. The molecule has 0 N–H and O–H groups in total. The zero-order chi connectivity index (χ0) is 18.0. The summed E-state index contributed by atoms with van der Waals surface area (Å²) < 4.78 is 41.7. The average molecular weight is 334 g/mol. The number of benzene rings is 2. The van der Waals surface area contributed by atoms with E-state index in [1.807, 2.05) is 6.92 Å². The van der Waals surface area contributed by atoms with Crippen LogP contribution in [0.2, 0.25) is 0 Å². The Morgan fingerprint density at radius 3 is 1.62 bits per heavy atom. The van der Waals surface area contributed by atoms with Crippen LogP contribution in [0.15, 0.2) is 48.5 Å². The fraction of sp³-hybridized carbons (Fsp3) is 0.350. The number of halogens is 3. The van der Waals surface area contributed by atoms with Crippen molar-refractivity contribution in [1.82, 2.24) is 0 Å². The summed E-state index contributed by atoms with van der Waals surface area (Å²) in [6.07, 6.45) is -3.42. The van der Waals surface area contributed by atoms with Gasteiger partial charge in [0.25, 0.3) is 0 Å². The molecule has 1 unspecified atom stereocenters. The molecule has 2 rings (SSSR count). The predicted octanol–water partition coefficient (Wildman–Crippen LogP) is 5.25. The lowest BCUT2D eigenvalue weighted by Crippen LogP contribution is -2.40. The van der Waals surface area contributed by atoms with Crippen molar-refractivity contribution >= 4 is 5.78 Å². The van der Waals surface area contributed by atoms with Crippen LogP contribution in [0.5, 0.6) is 0 Å². The Bertz CT molecular complexity index is 699. The van der Waals surface area contributed by atoms with E-state index in [1.165, 1.54) is 26.0 Å². The van der Waals surface area contributed by atoms with E-state index in [-0.39, 0.29) is 23.3 Å². The van der Waals surface area contributed by atoms with Crippen LogP contribution in [0.3, 0.4) is 0 Å². The Hall–Kier alpha value is -2.10. The summed E-state index contributed by atoms with van der Waals surface area (Å²) >= 11 is 0. The second-order valence-electron chi connectivity index (χ2n) is 6.25. The van der Waals surface area contributed by atoms with Gasteiger partial charge in [-0.2, -0.15) is 13.2 Å². The van der Waals surface area contributed by atoms with Gasteiger partial charge in [-0.05, 0) is 42.5 Å². The standard InChI is InChI=1S/C20H21F3O/c1-4-15-5-9-17(10-6-15)19(3,20(21,22)23)18-11-7-16(8-12-18)13-14(2)24/h5-12H,4,13H2,1-3H3. The predicted molar refractivity (Wildman–Crippen MR) is 89.2 cm³/mol. The molecule has 0 heterocycles. The summed E-state index contributed by atoms with van der Waals surface area (Å²) in [5.74, 6) is -0.0171. The van der Waals surface area contributed by atoms with Crippen LogP contribution in [0.25, 0.3) is 0 Å². The normalized spacial score (nSPS) is 14.2. The maximum absolute atomic E-state index is 13.9. The Morgan fingerprint density at radius 2 is 1.29 bits per heavy atom. The first kappa shape index (κ1) is 18.2. The van der Waals surface area contributed by atoms with Crippen LogP contribution in [-0.2, 0) is 23.1 Å². The molecule has 4 heteroatoms. The number of rotatable bonds is 5. The van der Waals surface area contributed by atoms with Crippen molar-refractivity contribution in [2.75, 3.05) is 0 Å². The van der Waals surface area contributed by atoms with Gasteiger partial charge < -0.3 is 0 Å². The molecule has 2 aromatic carbocycles. The number of ketones is 1. The minimum atomic E-state index is -4.43. The van der Waals surface area contributed by atoms with Crippen molar-refractivity contribution in [3.63, 3.8) is 0 Å². The number of hydrogen-bond acceptors (Lipinski definition) is 1. The third kappa shape index (κ3) is 3.53. The van der Waals surface area contributed by atoms with Crippen molar-refractivity contribution in [2.45, 2.75) is 45.2 Å². The fourth-order valence-electron chi connectivity index (χ4n) is 2.81. The van der Waals surface area contributed by atoms with E-state index in [1.54, 1.807) is 36.4 Å². The van der Waals surface area contributed by atoms with Gasteiger partial charge in [-0.1, -0.05) is 55.5 Å². The Balaban J connectivity index is 2.49. The number of alkyl halides is 3. The molecule has 0 spiro atoms. The molecule has 0 aliphatic carbocycles. The van der Waals surface area contributed by atoms with Gasteiger partial charge in [0.1, 0.15) is 11.2 Å². The van der Waals surface area contributed by atoms with Crippen LogP contribution >= 0.6 is 0 Å². The Labute approximate surface area is 140 Å². The molecule has 1 atom stereocenters. The van der Waals surface area contributed by atoms with Gasteiger partial charge in [0.2, 0.25) is 0 Å². The van der Waals surface area contributed by atoms with E-state index in [2.05, 4.69) is 0 Å². The monoisotopic (exact) mass is 334 g/mol. The van der Waals surface area contributed by atoms with Crippen LogP contribution in [0.1, 0.15) is 43.0 Å². The van der Waals surface area contributed by atoms with E-state index >= 15 is 0 Å². The molecule has 1 nitrogen and oxygen atoms in total. The lowest BCUT2D eigenvalue weighted by atomic mass is 9.75. The molecule has 0 aromatic heterocycles. The second kappa shape index (κ2) is 6.80. The van der Waals surface area contributed by atoms with Gasteiger partial charge in [-0.15, -0.1) is 0 Å². The maximum Gasteiger partial charge on any atom is 0.402 e. The molecule has 0 bridgehead atoms. The molecular formula is C20H21F3O. The fourth-order valence-corrected chi connectivity index (χ4v) is 2.81. The molecule has 0 amide bonds. The number of hydrogen-bond donors (Lipinski definition) is 0. The first-order valence-electron chi connectivity index (χ1n) is 7.93. The third-order valence-corrected chi connectivity index (χ3v) is 4.49. The smallest absolute Gasteiger partial charge is 0.300 e. The van der Waals surface area contributed by atoms with Crippen molar-refractivity contribution in [2.24, 2.45) is 0 Å². The van der Waals surface area contributed by atoms with Crippen molar-refractivity contribution in [3.05, 3.63) is 70.8 Å². The first-order chi connectivity index (χ1) is 11.2. The van der Waals surface area contributed by atoms with Gasteiger partial charge in [0.15, 0.2) is 0 Å². The van der Waals surface area contributed by atoms with Gasteiger partial charge in [-0.25, -0.2) is 0 Å². The van der Waals surface area contributed by atoms with E-state index in [0.717, 1.165) is 17.5 Å². The summed E-state index contributed by atoms with van der Waals surface area (Å²) in [7, 11) is 0. The van der Waals surface area contributed by atoms with Crippen LogP contribution in [0.4, 0.5) is 13.2 Å². The minimum Gasteiger partial charge on any atom is -0.300 e. The van der Waals surface area contributed by atoms with Gasteiger partial charge >= 0.3 is 6.18 Å². The van der Waals surface area contributed by atoms with Gasteiger partial charge in [0.05, 0.1) is 0 Å². The zero-order valence-electron chi connectivity index (χ0n) is 14.1. The van der Waals surface area contributed by atoms with E-state index in [9.17, 15) is 18.0 Å². The van der Waals surface area contributed by atoms with Crippen molar-refractivity contribution < 1.29 is 18.0 Å². The highest BCUT2D eigenvalue weighted by molar-refractivity contribution is 5.78. The quantitative estimate of drug-likeness (QED) is 0.730. The third-order valence-electron chi connectivity index (χ3n) is 4.49. The molecule has 0 aliphatic rings. The van der Waals surface area contributed by atoms with Crippen molar-refractivity contribution in [3.8, 4) is 0 Å². The average Bonchev–Trinajstić information content (AvgIpc) is 2.53. The lowest BCUT2D eigenvalue weighted by molar-refractivity contribution is -0.173. The molecular weight excluding hydrogens is 313 g/mol. The van der Waals surface area contributed by atoms with Crippen LogP contribution in [0, 0.1) is 0 Å². The largest absolute Gasteiger partial charge is 0.402 e. The van der Waals surface area contributed by atoms with E-state index in [0.29, 0.717) is 0 Å². The van der Waals surface area contributed by atoms with Crippen LogP contribution in [-0.4, -0.2) is 12.0 Å². The maximum atomic E-state index is 13.9. The number of aryl methyl sites for hydroxylation is 1. The molecule has 0 fully saturated rings. The highest BCUT2D eigenvalue weighted by atomic mass is 19.4. The second-order valence-corrected chi connectivity index (χ2v) is 6.25. The number of carbonyl (C=O) groups excluding carboxylic acids is 1. The molecule has 0 saturated heterocycles. The lowest BCUT2D eigenvalue weighted by Gasteiger charge is -2.33. The first-order valence-corrected chi connectivity index (χ1v) is 7.93. The summed E-state index contributed by atoms with van der Waals surface area (Å²) in [6.45, 7) is 4.63. The molecule has 128 valence electrons. The number of carbonyl (C=O) groups is 1. The summed E-state index contributed by atoms with van der Waals surface area (Å²) in [6, 6.07) is 12.7. The molecule has 0 aliphatic heterocycles. The minimum absolute atomic E-state index is 0.0171. The van der Waals surface area contributed by atoms with Crippen molar-refractivity contribution in [1.29, 1.82) is 0 Å². The molecule has 24 heavy (non-hydrogen) atoms. The summed E-state index contributed by atoms with van der Waals surface area (Å²) in [5, 5.41) is 0. The summed E-state index contributed by atoms with van der Waals surface area (Å²) in [4.78, 5) is 11.2. The topological polar surface area (TPSA) is 17.1 Å². The highest BCUT2D eigenvalue weighted by Crippen LogP contribution is 2.46.